The first-order chi connectivity index (χ1) is 7.38. The van der Waals surface area contributed by atoms with Crippen LogP contribution in [0.25, 0.3) is 0 Å². The lowest BCUT2D eigenvalue weighted by Crippen LogP contribution is -2.20. The molecule has 1 aliphatic rings. The number of nitrogens with one attached hydrogen (secondary N) is 1. The lowest BCUT2D eigenvalue weighted by Gasteiger charge is -2.08. The number of rotatable bonds is 5. The second-order valence-corrected chi connectivity index (χ2v) is 4.31. The van der Waals surface area contributed by atoms with Crippen LogP contribution >= 0.6 is 0 Å². The van der Waals surface area contributed by atoms with Crippen molar-refractivity contribution in [1.82, 2.24) is 5.32 Å². The average molecular weight is 209 g/mol. The zero-order valence-corrected chi connectivity index (χ0v) is 9.04. The fourth-order valence-corrected chi connectivity index (χ4v) is 2.22. The van der Waals surface area contributed by atoms with Crippen LogP contribution in [0.2, 0.25) is 0 Å². The molecule has 84 valence electrons. The van der Waals surface area contributed by atoms with E-state index in [9.17, 15) is 0 Å². The van der Waals surface area contributed by atoms with Crippen LogP contribution < -0.4 is 5.32 Å². The first-order valence-electron chi connectivity index (χ1n) is 5.77. The molecule has 1 aromatic rings. The number of furan rings is 1. The van der Waals surface area contributed by atoms with E-state index in [0.717, 1.165) is 24.8 Å². The van der Waals surface area contributed by atoms with Crippen LogP contribution in [-0.4, -0.2) is 11.7 Å². The van der Waals surface area contributed by atoms with Gasteiger partial charge in [0.05, 0.1) is 6.54 Å². The van der Waals surface area contributed by atoms with Crippen molar-refractivity contribution in [3.8, 4) is 0 Å². The quantitative estimate of drug-likeness (QED) is 0.780. The van der Waals surface area contributed by atoms with Crippen molar-refractivity contribution in [2.24, 2.45) is 5.92 Å². The molecule has 0 radical (unpaired) electrons. The van der Waals surface area contributed by atoms with Gasteiger partial charge in [0.2, 0.25) is 0 Å². The molecule has 2 rings (SSSR count). The SMILES string of the molecule is OCc1ccc(CNCC2CCCC2)o1. The summed E-state index contributed by atoms with van der Waals surface area (Å²) in [5, 5.41) is 12.2. The van der Waals surface area contributed by atoms with Crippen molar-refractivity contribution in [1.29, 1.82) is 0 Å². The summed E-state index contributed by atoms with van der Waals surface area (Å²) < 4.78 is 5.39. The van der Waals surface area contributed by atoms with Gasteiger partial charge in [-0.05, 0) is 37.4 Å². The molecule has 1 heterocycles. The molecular weight excluding hydrogens is 190 g/mol. The molecule has 2 N–H and O–H groups in total. The van der Waals surface area contributed by atoms with E-state index in [-0.39, 0.29) is 6.61 Å². The molecule has 0 amide bonds. The van der Waals surface area contributed by atoms with Gasteiger partial charge in [-0.3, -0.25) is 0 Å². The van der Waals surface area contributed by atoms with E-state index < -0.39 is 0 Å². The maximum Gasteiger partial charge on any atom is 0.129 e. The lowest BCUT2D eigenvalue weighted by atomic mass is 10.1. The standard InChI is InChI=1S/C12H19NO2/c14-9-12-6-5-11(15-12)8-13-7-10-3-1-2-4-10/h5-6,10,13-14H,1-4,7-9H2. The third-order valence-corrected chi connectivity index (χ3v) is 3.08. The molecule has 1 aromatic heterocycles. The maximum atomic E-state index is 8.83. The smallest absolute Gasteiger partial charge is 0.129 e. The predicted octanol–water partition coefficient (Wildman–Crippen LogP) is 2.05. The molecule has 3 heteroatoms. The van der Waals surface area contributed by atoms with Gasteiger partial charge in [0, 0.05) is 0 Å². The van der Waals surface area contributed by atoms with E-state index >= 15 is 0 Å². The molecule has 0 atom stereocenters. The minimum atomic E-state index is -0.0113. The van der Waals surface area contributed by atoms with Gasteiger partial charge >= 0.3 is 0 Å². The van der Waals surface area contributed by atoms with Gasteiger partial charge in [0.15, 0.2) is 0 Å². The first-order valence-corrected chi connectivity index (χ1v) is 5.77. The molecule has 1 aliphatic carbocycles. The number of hydrogen-bond acceptors (Lipinski definition) is 3. The molecule has 0 unspecified atom stereocenters. The van der Waals surface area contributed by atoms with E-state index in [2.05, 4.69) is 5.32 Å². The molecule has 0 saturated heterocycles. The van der Waals surface area contributed by atoms with E-state index in [4.69, 9.17) is 9.52 Å². The summed E-state index contributed by atoms with van der Waals surface area (Å²) in [6, 6.07) is 3.75. The predicted molar refractivity (Wildman–Crippen MR) is 58.3 cm³/mol. The summed E-state index contributed by atoms with van der Waals surface area (Å²) in [6.45, 7) is 1.86. The number of aliphatic hydroxyl groups excluding tert-OH is 1. The zero-order valence-electron chi connectivity index (χ0n) is 9.04. The van der Waals surface area contributed by atoms with Gasteiger partial charge in [-0.15, -0.1) is 0 Å². The van der Waals surface area contributed by atoms with Gasteiger partial charge in [-0.2, -0.15) is 0 Å². The second-order valence-electron chi connectivity index (χ2n) is 4.31. The van der Waals surface area contributed by atoms with Crippen LogP contribution in [0.4, 0.5) is 0 Å². The largest absolute Gasteiger partial charge is 0.462 e. The van der Waals surface area contributed by atoms with Crippen molar-refractivity contribution in [2.75, 3.05) is 6.54 Å². The monoisotopic (exact) mass is 209 g/mol. The van der Waals surface area contributed by atoms with Gasteiger partial charge < -0.3 is 14.8 Å². The fourth-order valence-electron chi connectivity index (χ4n) is 2.22. The third-order valence-electron chi connectivity index (χ3n) is 3.08. The van der Waals surface area contributed by atoms with Crippen molar-refractivity contribution >= 4 is 0 Å². The summed E-state index contributed by atoms with van der Waals surface area (Å²) in [4.78, 5) is 0. The maximum absolute atomic E-state index is 8.83. The molecule has 1 fully saturated rings. The van der Waals surface area contributed by atoms with Gasteiger partial charge in [-0.25, -0.2) is 0 Å². The summed E-state index contributed by atoms with van der Waals surface area (Å²) in [6.07, 6.45) is 5.52. The van der Waals surface area contributed by atoms with Crippen molar-refractivity contribution in [3.63, 3.8) is 0 Å². The van der Waals surface area contributed by atoms with Crippen molar-refractivity contribution in [2.45, 2.75) is 38.8 Å². The average Bonchev–Trinajstić information content (AvgIpc) is 2.88. The van der Waals surface area contributed by atoms with E-state index in [0.29, 0.717) is 5.76 Å². The molecule has 1 saturated carbocycles. The normalized spacial score (nSPS) is 17.4. The number of hydrogen-bond donors (Lipinski definition) is 2. The Kier molecular flexibility index (Phi) is 3.80. The molecule has 15 heavy (non-hydrogen) atoms. The minimum absolute atomic E-state index is 0.0113. The molecule has 3 nitrogen and oxygen atoms in total. The Morgan fingerprint density at radius 2 is 2.00 bits per heavy atom. The summed E-state index contributed by atoms with van der Waals surface area (Å²) in [5.41, 5.74) is 0. The topological polar surface area (TPSA) is 45.4 Å². The Morgan fingerprint density at radius 3 is 2.67 bits per heavy atom. The Morgan fingerprint density at radius 1 is 1.27 bits per heavy atom. The summed E-state index contributed by atoms with van der Waals surface area (Å²) >= 11 is 0. The Balaban J connectivity index is 1.68. The van der Waals surface area contributed by atoms with E-state index in [1.54, 1.807) is 0 Å². The third kappa shape index (κ3) is 3.08. The summed E-state index contributed by atoms with van der Waals surface area (Å²) in [7, 11) is 0. The van der Waals surface area contributed by atoms with E-state index in [1.165, 1.54) is 25.7 Å². The first kappa shape index (κ1) is 10.7. The minimum Gasteiger partial charge on any atom is -0.462 e. The highest BCUT2D eigenvalue weighted by Crippen LogP contribution is 2.23. The van der Waals surface area contributed by atoms with Gasteiger partial charge in [-0.1, -0.05) is 12.8 Å². The summed E-state index contributed by atoms with van der Waals surface area (Å²) in [5.74, 6) is 2.42. The van der Waals surface area contributed by atoms with Crippen molar-refractivity contribution in [3.05, 3.63) is 23.7 Å². The van der Waals surface area contributed by atoms with Crippen LogP contribution in [0.5, 0.6) is 0 Å². The van der Waals surface area contributed by atoms with Gasteiger partial charge in [0.25, 0.3) is 0 Å². The molecular formula is C12H19NO2. The Labute approximate surface area is 90.5 Å². The fraction of sp³-hybridized carbons (Fsp3) is 0.667. The van der Waals surface area contributed by atoms with E-state index in [1.807, 2.05) is 12.1 Å². The Bertz CT molecular complexity index is 290. The number of aliphatic hydroxyl groups is 1. The molecule has 0 aromatic carbocycles. The highest BCUT2D eigenvalue weighted by atomic mass is 16.4. The van der Waals surface area contributed by atoms with Gasteiger partial charge in [0.1, 0.15) is 18.1 Å². The Hall–Kier alpha value is -0.800. The molecule has 0 spiro atoms. The van der Waals surface area contributed by atoms with Crippen LogP contribution in [0, 0.1) is 5.92 Å². The zero-order chi connectivity index (χ0) is 10.5. The van der Waals surface area contributed by atoms with Crippen molar-refractivity contribution < 1.29 is 9.52 Å². The van der Waals surface area contributed by atoms with Crippen LogP contribution in [0.15, 0.2) is 16.5 Å². The highest BCUT2D eigenvalue weighted by molar-refractivity contribution is 5.06. The van der Waals surface area contributed by atoms with Crippen LogP contribution in [-0.2, 0) is 13.2 Å². The van der Waals surface area contributed by atoms with Crippen LogP contribution in [0.3, 0.4) is 0 Å². The second kappa shape index (κ2) is 5.33. The lowest BCUT2D eigenvalue weighted by molar-refractivity contribution is 0.242. The molecule has 0 bridgehead atoms. The molecule has 0 aliphatic heterocycles. The van der Waals surface area contributed by atoms with Crippen LogP contribution in [0.1, 0.15) is 37.2 Å². The highest BCUT2D eigenvalue weighted by Gasteiger charge is 2.14.